The molecule has 72 valence electrons. The van der Waals surface area contributed by atoms with Gasteiger partial charge in [-0.15, -0.1) is 0 Å². The molecular weight excluding hydrogens is 168 g/mol. The first-order valence-corrected chi connectivity index (χ1v) is 3.93. The molecule has 0 heterocycles. The van der Waals surface area contributed by atoms with E-state index in [1.54, 1.807) is 31.2 Å². The van der Waals surface area contributed by atoms with Crippen LogP contribution in [0.1, 0.15) is 13.3 Å². The summed E-state index contributed by atoms with van der Waals surface area (Å²) in [4.78, 5) is 10.3. The number of aliphatic hydroxyl groups excluding tert-OH is 1. The number of rotatable bonds is 5. The van der Waals surface area contributed by atoms with Crippen molar-refractivity contribution in [1.82, 2.24) is 0 Å². The number of carboxylic acid groups (broad SMARTS) is 1. The van der Waals surface area contributed by atoms with Crippen LogP contribution in [0.2, 0.25) is 0 Å². The van der Waals surface area contributed by atoms with Crippen LogP contribution in [0.3, 0.4) is 0 Å². The highest BCUT2D eigenvalue weighted by atomic mass is 16.4. The fourth-order valence-electron chi connectivity index (χ4n) is 0.759. The van der Waals surface area contributed by atoms with Crippen LogP contribution in [0.4, 0.5) is 0 Å². The first-order valence-electron chi connectivity index (χ1n) is 3.93. The van der Waals surface area contributed by atoms with Crippen LogP contribution < -0.4 is 0 Å². The molecule has 0 saturated heterocycles. The lowest BCUT2D eigenvalue weighted by Gasteiger charge is -2.03. The van der Waals surface area contributed by atoms with E-state index in [0.717, 1.165) is 5.57 Å². The van der Waals surface area contributed by atoms with Crippen molar-refractivity contribution < 1.29 is 15.0 Å². The van der Waals surface area contributed by atoms with Gasteiger partial charge in [0.25, 0.3) is 0 Å². The molecule has 0 aromatic carbocycles. The van der Waals surface area contributed by atoms with E-state index >= 15 is 0 Å². The van der Waals surface area contributed by atoms with Gasteiger partial charge in [0.2, 0.25) is 0 Å². The summed E-state index contributed by atoms with van der Waals surface area (Å²) in [6.45, 7) is 5.25. The van der Waals surface area contributed by atoms with E-state index in [0.29, 0.717) is 0 Å². The molecule has 0 bridgehead atoms. The van der Waals surface area contributed by atoms with Gasteiger partial charge in [0.15, 0.2) is 6.10 Å². The summed E-state index contributed by atoms with van der Waals surface area (Å²) >= 11 is 0. The van der Waals surface area contributed by atoms with Crippen LogP contribution in [0.15, 0.2) is 36.5 Å². The molecule has 0 aliphatic heterocycles. The number of carboxylic acids is 1. The van der Waals surface area contributed by atoms with Gasteiger partial charge in [-0.2, -0.15) is 0 Å². The van der Waals surface area contributed by atoms with Crippen LogP contribution in [-0.4, -0.2) is 22.3 Å². The second-order valence-electron chi connectivity index (χ2n) is 2.69. The Labute approximate surface area is 77.7 Å². The monoisotopic (exact) mass is 182 g/mol. The first kappa shape index (κ1) is 11.6. The third kappa shape index (κ3) is 5.87. The molecule has 0 aliphatic carbocycles. The number of aliphatic carboxylic acids is 1. The fraction of sp³-hybridized carbons (Fsp3) is 0.300. The normalized spacial score (nSPS) is 14.5. The molecule has 3 nitrogen and oxygen atoms in total. The smallest absolute Gasteiger partial charge is 0.332 e. The van der Waals surface area contributed by atoms with E-state index in [1.165, 1.54) is 0 Å². The maximum absolute atomic E-state index is 10.3. The Kier molecular flexibility index (Phi) is 5.55. The molecule has 0 spiro atoms. The highest BCUT2D eigenvalue weighted by Crippen LogP contribution is 2.04. The number of aliphatic hydroxyl groups is 1. The summed E-state index contributed by atoms with van der Waals surface area (Å²) in [5.74, 6) is -1.19. The van der Waals surface area contributed by atoms with Crippen molar-refractivity contribution in [3.05, 3.63) is 36.5 Å². The van der Waals surface area contributed by atoms with E-state index in [2.05, 4.69) is 6.58 Å². The zero-order valence-electron chi connectivity index (χ0n) is 7.60. The highest BCUT2D eigenvalue weighted by Gasteiger charge is 2.12. The molecule has 0 saturated carbocycles. The molecular formula is C10H14O3. The van der Waals surface area contributed by atoms with Crippen molar-refractivity contribution in [2.24, 2.45) is 0 Å². The minimum Gasteiger partial charge on any atom is -0.479 e. The van der Waals surface area contributed by atoms with Crippen molar-refractivity contribution in [2.45, 2.75) is 19.4 Å². The molecule has 0 aromatic rings. The van der Waals surface area contributed by atoms with Gasteiger partial charge in [0.1, 0.15) is 0 Å². The Balaban J connectivity index is 4.05. The molecule has 13 heavy (non-hydrogen) atoms. The molecule has 0 rings (SSSR count). The van der Waals surface area contributed by atoms with Crippen LogP contribution in [0.25, 0.3) is 0 Å². The third-order valence-electron chi connectivity index (χ3n) is 1.43. The van der Waals surface area contributed by atoms with Crippen molar-refractivity contribution in [3.63, 3.8) is 0 Å². The van der Waals surface area contributed by atoms with E-state index in [-0.39, 0.29) is 6.42 Å². The van der Waals surface area contributed by atoms with Gasteiger partial charge in [0, 0.05) is 6.42 Å². The highest BCUT2D eigenvalue weighted by molar-refractivity contribution is 5.72. The molecule has 0 unspecified atom stereocenters. The molecule has 3 heteroatoms. The van der Waals surface area contributed by atoms with E-state index in [9.17, 15) is 4.79 Å². The van der Waals surface area contributed by atoms with Crippen LogP contribution in [0.5, 0.6) is 0 Å². The number of carbonyl (C=O) groups is 1. The van der Waals surface area contributed by atoms with Gasteiger partial charge in [0.05, 0.1) is 0 Å². The minimum absolute atomic E-state index is 0.150. The molecule has 0 aliphatic rings. The van der Waals surface area contributed by atoms with Crippen molar-refractivity contribution >= 4 is 5.97 Å². The second-order valence-corrected chi connectivity index (χ2v) is 2.69. The van der Waals surface area contributed by atoms with Crippen molar-refractivity contribution in [1.29, 1.82) is 0 Å². The Hall–Kier alpha value is -1.35. The summed E-state index contributed by atoms with van der Waals surface area (Å²) in [5.41, 5.74) is 0.813. The zero-order chi connectivity index (χ0) is 10.3. The summed E-state index contributed by atoms with van der Waals surface area (Å²) < 4.78 is 0. The first-order chi connectivity index (χ1) is 6.07. The van der Waals surface area contributed by atoms with Gasteiger partial charge < -0.3 is 10.2 Å². The predicted molar refractivity (Wildman–Crippen MR) is 51.4 cm³/mol. The van der Waals surface area contributed by atoms with E-state index < -0.39 is 12.1 Å². The molecule has 0 fully saturated rings. The van der Waals surface area contributed by atoms with E-state index in [1.807, 2.05) is 0 Å². The second kappa shape index (κ2) is 6.20. The number of hydrogen-bond acceptors (Lipinski definition) is 2. The van der Waals surface area contributed by atoms with Crippen LogP contribution in [-0.2, 0) is 4.79 Å². The maximum Gasteiger partial charge on any atom is 0.332 e. The summed E-state index contributed by atoms with van der Waals surface area (Å²) in [7, 11) is 0. The quantitative estimate of drug-likeness (QED) is 0.633. The Bertz CT molecular complexity index is 239. The standard InChI is InChI=1S/C10H14O3/c1-3-4-5-6-8(2)7-9(11)10(12)13/h3-6,9,11H,1,7H2,2H3,(H,12,13)/b5-4-,8-6+/t9-/m0/s1. The maximum atomic E-state index is 10.3. The predicted octanol–water partition coefficient (Wildman–Crippen LogP) is 1.51. The van der Waals surface area contributed by atoms with Crippen molar-refractivity contribution in [2.75, 3.05) is 0 Å². The van der Waals surface area contributed by atoms with Crippen LogP contribution >= 0.6 is 0 Å². The average molecular weight is 182 g/mol. The fourth-order valence-corrected chi connectivity index (χ4v) is 0.759. The third-order valence-corrected chi connectivity index (χ3v) is 1.43. The summed E-state index contributed by atoms with van der Waals surface area (Å²) in [5, 5.41) is 17.4. The Morgan fingerprint density at radius 2 is 2.15 bits per heavy atom. The number of hydrogen-bond donors (Lipinski definition) is 2. The summed E-state index contributed by atoms with van der Waals surface area (Å²) in [6.07, 6.45) is 5.68. The molecule has 0 aromatic heterocycles. The lowest BCUT2D eigenvalue weighted by atomic mass is 10.1. The SMILES string of the molecule is C=C/C=C\C=C(/C)C[C@H](O)C(=O)O. The van der Waals surface area contributed by atoms with Gasteiger partial charge in [-0.1, -0.05) is 36.5 Å². The Morgan fingerprint density at radius 3 is 2.62 bits per heavy atom. The lowest BCUT2D eigenvalue weighted by Crippen LogP contribution is -2.19. The van der Waals surface area contributed by atoms with Gasteiger partial charge in [-0.05, 0) is 6.92 Å². The molecule has 0 amide bonds. The Morgan fingerprint density at radius 1 is 1.54 bits per heavy atom. The van der Waals surface area contributed by atoms with Crippen LogP contribution in [0, 0.1) is 0 Å². The lowest BCUT2D eigenvalue weighted by molar-refractivity contribution is -0.146. The van der Waals surface area contributed by atoms with Gasteiger partial charge in [-0.25, -0.2) is 4.79 Å². The minimum atomic E-state index is -1.31. The topological polar surface area (TPSA) is 57.5 Å². The van der Waals surface area contributed by atoms with E-state index in [4.69, 9.17) is 10.2 Å². The average Bonchev–Trinajstić information content (AvgIpc) is 2.04. The molecule has 0 radical (unpaired) electrons. The number of allylic oxidation sites excluding steroid dienone is 4. The van der Waals surface area contributed by atoms with Gasteiger partial charge >= 0.3 is 5.97 Å². The molecule has 2 N–H and O–H groups in total. The largest absolute Gasteiger partial charge is 0.479 e. The molecule has 1 atom stereocenters. The van der Waals surface area contributed by atoms with Gasteiger partial charge in [-0.3, -0.25) is 0 Å². The summed E-state index contributed by atoms with van der Waals surface area (Å²) in [6, 6.07) is 0. The van der Waals surface area contributed by atoms with Crippen molar-refractivity contribution in [3.8, 4) is 0 Å². The zero-order valence-corrected chi connectivity index (χ0v) is 7.60.